The van der Waals surface area contributed by atoms with Gasteiger partial charge in [0.05, 0.1) is 17.8 Å². The van der Waals surface area contributed by atoms with E-state index in [1.807, 2.05) is 22.9 Å². The van der Waals surface area contributed by atoms with Crippen molar-refractivity contribution < 1.29 is 4.79 Å². The number of benzene rings is 1. The molecule has 0 bridgehead atoms. The fourth-order valence-corrected chi connectivity index (χ4v) is 4.39. The zero-order valence-electron chi connectivity index (χ0n) is 16.2. The van der Waals surface area contributed by atoms with Crippen LogP contribution in [0.15, 0.2) is 35.5 Å². The standard InChI is InChI=1S/C20H29N5OS/c1-15(2)13-18(16-9-5-3-6-10-16)21-19(26)14-27-20-22-23-24-25(20)17-11-7-4-8-12-17/h3,5-6,9-10,15,17-18H,4,7-8,11-14H2,1-2H3,(H,21,26). The number of hydrogen-bond donors (Lipinski definition) is 1. The van der Waals surface area contributed by atoms with E-state index in [0.29, 0.717) is 17.7 Å². The van der Waals surface area contributed by atoms with Gasteiger partial charge in [-0.15, -0.1) is 5.10 Å². The Morgan fingerprint density at radius 3 is 2.67 bits per heavy atom. The average Bonchev–Trinajstić information content (AvgIpc) is 3.15. The molecule has 146 valence electrons. The molecule has 7 heteroatoms. The molecule has 3 rings (SSSR count). The Morgan fingerprint density at radius 2 is 1.96 bits per heavy atom. The maximum Gasteiger partial charge on any atom is 0.230 e. The molecule has 1 fully saturated rings. The molecule has 1 atom stereocenters. The van der Waals surface area contributed by atoms with Gasteiger partial charge >= 0.3 is 0 Å². The van der Waals surface area contributed by atoms with Gasteiger partial charge in [-0.1, -0.05) is 75.2 Å². The summed E-state index contributed by atoms with van der Waals surface area (Å²) in [7, 11) is 0. The maximum absolute atomic E-state index is 12.6. The lowest BCUT2D eigenvalue weighted by atomic mass is 9.96. The monoisotopic (exact) mass is 387 g/mol. The van der Waals surface area contributed by atoms with Crippen molar-refractivity contribution in [3.05, 3.63) is 35.9 Å². The van der Waals surface area contributed by atoms with Crippen molar-refractivity contribution >= 4 is 17.7 Å². The van der Waals surface area contributed by atoms with Crippen LogP contribution in [0.3, 0.4) is 0 Å². The molecule has 0 radical (unpaired) electrons. The SMILES string of the molecule is CC(C)CC(NC(=O)CSc1nnnn1C1CCCCC1)c1ccccc1. The Hall–Kier alpha value is -1.89. The van der Waals surface area contributed by atoms with E-state index in [4.69, 9.17) is 0 Å². The third-order valence-corrected chi connectivity index (χ3v) is 5.89. The van der Waals surface area contributed by atoms with Gasteiger partial charge in [0.25, 0.3) is 0 Å². The highest BCUT2D eigenvalue weighted by Crippen LogP contribution is 2.30. The van der Waals surface area contributed by atoms with E-state index in [1.165, 1.54) is 31.0 Å². The van der Waals surface area contributed by atoms with Crippen LogP contribution in [0.2, 0.25) is 0 Å². The Bertz CT molecular complexity index is 712. The van der Waals surface area contributed by atoms with Crippen LogP contribution in [-0.2, 0) is 4.79 Å². The van der Waals surface area contributed by atoms with Gasteiger partial charge in [0.2, 0.25) is 11.1 Å². The van der Waals surface area contributed by atoms with E-state index < -0.39 is 0 Å². The molecule has 1 N–H and O–H groups in total. The highest BCUT2D eigenvalue weighted by Gasteiger charge is 2.21. The molecule has 1 amide bonds. The van der Waals surface area contributed by atoms with E-state index >= 15 is 0 Å². The van der Waals surface area contributed by atoms with E-state index in [1.54, 1.807) is 0 Å². The summed E-state index contributed by atoms with van der Waals surface area (Å²) < 4.78 is 1.92. The first-order valence-electron chi connectivity index (χ1n) is 9.88. The third kappa shape index (κ3) is 5.79. The second-order valence-electron chi connectivity index (χ2n) is 7.65. The Labute approximate surface area is 165 Å². The van der Waals surface area contributed by atoms with Crippen LogP contribution in [0.25, 0.3) is 0 Å². The van der Waals surface area contributed by atoms with Gasteiger partial charge in [0, 0.05) is 0 Å². The summed E-state index contributed by atoms with van der Waals surface area (Å²) >= 11 is 1.43. The fourth-order valence-electron chi connectivity index (χ4n) is 3.64. The molecule has 0 aliphatic heterocycles. The molecule has 27 heavy (non-hydrogen) atoms. The minimum atomic E-state index is 0.0210. The molecule has 1 aromatic carbocycles. The largest absolute Gasteiger partial charge is 0.349 e. The molecule has 1 unspecified atom stereocenters. The highest BCUT2D eigenvalue weighted by molar-refractivity contribution is 7.99. The van der Waals surface area contributed by atoms with Crippen LogP contribution < -0.4 is 5.32 Å². The number of amides is 1. The lowest BCUT2D eigenvalue weighted by Gasteiger charge is -2.22. The van der Waals surface area contributed by atoms with E-state index in [-0.39, 0.29) is 11.9 Å². The van der Waals surface area contributed by atoms with Crippen LogP contribution in [0.5, 0.6) is 0 Å². The van der Waals surface area contributed by atoms with E-state index in [0.717, 1.165) is 30.0 Å². The van der Waals surface area contributed by atoms with Gasteiger partial charge in [-0.3, -0.25) is 4.79 Å². The molecule has 2 aromatic rings. The summed E-state index contributed by atoms with van der Waals surface area (Å²) in [6, 6.07) is 10.6. The van der Waals surface area contributed by atoms with Crippen molar-refractivity contribution in [2.75, 3.05) is 5.75 Å². The predicted octanol–water partition coefficient (Wildman–Crippen LogP) is 4.17. The Morgan fingerprint density at radius 1 is 1.22 bits per heavy atom. The lowest BCUT2D eigenvalue weighted by Crippen LogP contribution is -2.31. The minimum absolute atomic E-state index is 0.0210. The fraction of sp³-hybridized carbons (Fsp3) is 0.600. The number of tetrazole rings is 1. The smallest absolute Gasteiger partial charge is 0.230 e. The van der Waals surface area contributed by atoms with Crippen LogP contribution in [0, 0.1) is 5.92 Å². The summed E-state index contributed by atoms with van der Waals surface area (Å²) in [6.45, 7) is 4.35. The lowest BCUT2D eigenvalue weighted by molar-refractivity contribution is -0.119. The Balaban J connectivity index is 1.58. The van der Waals surface area contributed by atoms with Crippen molar-refractivity contribution in [1.82, 2.24) is 25.5 Å². The van der Waals surface area contributed by atoms with Crippen molar-refractivity contribution in [3.8, 4) is 0 Å². The molecule has 0 saturated heterocycles. The van der Waals surface area contributed by atoms with Crippen LogP contribution in [0.4, 0.5) is 0 Å². The second kappa shape index (κ2) is 9.88. The summed E-state index contributed by atoms with van der Waals surface area (Å²) in [4.78, 5) is 12.6. The second-order valence-corrected chi connectivity index (χ2v) is 8.59. The zero-order chi connectivity index (χ0) is 19.1. The summed E-state index contributed by atoms with van der Waals surface area (Å²) in [6.07, 6.45) is 6.90. The van der Waals surface area contributed by atoms with E-state index in [9.17, 15) is 4.79 Å². The quantitative estimate of drug-likeness (QED) is 0.688. The molecular weight excluding hydrogens is 358 g/mol. The molecule has 1 aromatic heterocycles. The molecule has 0 spiro atoms. The number of carbonyl (C=O) groups is 1. The van der Waals surface area contributed by atoms with E-state index in [2.05, 4.69) is 46.8 Å². The first kappa shape index (κ1) is 19.9. The molecule has 1 saturated carbocycles. The number of aromatic nitrogens is 4. The van der Waals surface area contributed by atoms with Gasteiger partial charge in [-0.2, -0.15) is 0 Å². The molecular formula is C20H29N5OS. The summed E-state index contributed by atoms with van der Waals surface area (Å²) in [5, 5.41) is 16.1. The first-order valence-corrected chi connectivity index (χ1v) is 10.9. The first-order chi connectivity index (χ1) is 13.1. The zero-order valence-corrected chi connectivity index (χ0v) is 17.0. The highest BCUT2D eigenvalue weighted by atomic mass is 32.2. The van der Waals surface area contributed by atoms with Crippen LogP contribution in [-0.4, -0.2) is 31.9 Å². The van der Waals surface area contributed by atoms with Gasteiger partial charge < -0.3 is 5.32 Å². The number of nitrogens with one attached hydrogen (secondary N) is 1. The predicted molar refractivity (Wildman–Crippen MR) is 107 cm³/mol. The van der Waals surface area contributed by atoms with Gasteiger partial charge in [-0.25, -0.2) is 4.68 Å². The topological polar surface area (TPSA) is 72.7 Å². The van der Waals surface area contributed by atoms with Crippen LogP contribution >= 0.6 is 11.8 Å². The number of thioether (sulfide) groups is 1. The van der Waals surface area contributed by atoms with Crippen LogP contribution in [0.1, 0.15) is 70.0 Å². The van der Waals surface area contributed by atoms with Gasteiger partial charge in [0.15, 0.2) is 0 Å². The summed E-state index contributed by atoms with van der Waals surface area (Å²) in [5.41, 5.74) is 1.15. The van der Waals surface area contributed by atoms with Crippen molar-refractivity contribution in [1.29, 1.82) is 0 Å². The third-order valence-electron chi connectivity index (χ3n) is 4.96. The van der Waals surface area contributed by atoms with Crippen molar-refractivity contribution in [2.45, 2.75) is 69.6 Å². The molecule has 1 aliphatic carbocycles. The van der Waals surface area contributed by atoms with Gasteiger partial charge in [0.1, 0.15) is 0 Å². The summed E-state index contributed by atoms with van der Waals surface area (Å²) in [5.74, 6) is 0.851. The van der Waals surface area contributed by atoms with Gasteiger partial charge in [-0.05, 0) is 41.2 Å². The minimum Gasteiger partial charge on any atom is -0.349 e. The number of hydrogen-bond acceptors (Lipinski definition) is 5. The average molecular weight is 388 g/mol. The Kier molecular flexibility index (Phi) is 7.26. The van der Waals surface area contributed by atoms with Crippen molar-refractivity contribution in [3.63, 3.8) is 0 Å². The number of carbonyl (C=O) groups excluding carboxylic acids is 1. The molecule has 1 aliphatic rings. The number of nitrogens with zero attached hydrogens (tertiary/aromatic N) is 4. The normalized spacial score (nSPS) is 16.4. The molecule has 6 nitrogen and oxygen atoms in total. The van der Waals surface area contributed by atoms with Crippen molar-refractivity contribution in [2.24, 2.45) is 5.92 Å². The molecule has 1 heterocycles. The maximum atomic E-state index is 12.6. The number of rotatable bonds is 8.